The fraction of sp³-hybridized carbons (Fsp3) is 0.692. The van der Waals surface area contributed by atoms with Gasteiger partial charge in [-0.05, 0) is 53.3 Å². The topological polar surface area (TPSA) is 3.24 Å². The first-order chi connectivity index (χ1) is 7.61. The predicted molar refractivity (Wildman–Crippen MR) is 74.9 cm³/mol. The summed E-state index contributed by atoms with van der Waals surface area (Å²) in [5.74, 6) is 0. The lowest BCUT2D eigenvalue weighted by atomic mass is 9.78. The van der Waals surface area contributed by atoms with Crippen LogP contribution in [-0.4, -0.2) is 18.0 Å². The van der Waals surface area contributed by atoms with E-state index in [-0.39, 0.29) is 0 Å². The Morgan fingerprint density at radius 2 is 2.12 bits per heavy atom. The Labute approximate surface area is 111 Å². The second-order valence-corrected chi connectivity index (χ2v) is 7.08. The molecular formula is C13H20BrNS. The lowest BCUT2D eigenvalue weighted by Gasteiger charge is -2.38. The first-order valence-electron chi connectivity index (χ1n) is 6.06. The molecule has 0 aliphatic carbocycles. The molecular weight excluding hydrogens is 282 g/mol. The third-order valence-corrected chi connectivity index (χ3v) is 5.60. The molecule has 1 aromatic heterocycles. The lowest BCUT2D eigenvalue weighted by Crippen LogP contribution is -2.37. The maximum atomic E-state index is 3.52. The maximum absolute atomic E-state index is 3.52. The van der Waals surface area contributed by atoms with Gasteiger partial charge >= 0.3 is 0 Å². The van der Waals surface area contributed by atoms with Crippen molar-refractivity contribution in [2.45, 2.75) is 39.7 Å². The quantitative estimate of drug-likeness (QED) is 0.793. The molecule has 1 fully saturated rings. The van der Waals surface area contributed by atoms with Crippen molar-refractivity contribution >= 4 is 27.3 Å². The summed E-state index contributed by atoms with van der Waals surface area (Å²) < 4.78 is 1.22. The van der Waals surface area contributed by atoms with Crippen LogP contribution < -0.4 is 0 Å². The van der Waals surface area contributed by atoms with Crippen molar-refractivity contribution in [1.82, 2.24) is 4.90 Å². The summed E-state index contributed by atoms with van der Waals surface area (Å²) in [5, 5.41) is 2.18. The van der Waals surface area contributed by atoms with Gasteiger partial charge in [0, 0.05) is 21.3 Å². The van der Waals surface area contributed by atoms with Crippen LogP contribution in [0.25, 0.3) is 0 Å². The zero-order valence-electron chi connectivity index (χ0n) is 10.1. The van der Waals surface area contributed by atoms with Gasteiger partial charge in [-0.15, -0.1) is 11.3 Å². The van der Waals surface area contributed by atoms with Crippen molar-refractivity contribution in [1.29, 1.82) is 0 Å². The number of thiophene rings is 1. The molecule has 1 saturated heterocycles. The number of hydrogen-bond donors (Lipinski definition) is 0. The SMILES string of the molecule is CCC1(C)CCN(Cc2cc(Br)cs2)CC1. The number of hydrogen-bond acceptors (Lipinski definition) is 2. The summed E-state index contributed by atoms with van der Waals surface area (Å²) in [6.45, 7) is 8.42. The zero-order valence-corrected chi connectivity index (χ0v) is 12.5. The van der Waals surface area contributed by atoms with Gasteiger partial charge in [0.1, 0.15) is 0 Å². The first kappa shape index (κ1) is 12.6. The molecule has 0 atom stereocenters. The first-order valence-corrected chi connectivity index (χ1v) is 7.74. The van der Waals surface area contributed by atoms with Crippen molar-refractivity contribution in [2.24, 2.45) is 5.41 Å². The van der Waals surface area contributed by atoms with Gasteiger partial charge in [-0.3, -0.25) is 4.90 Å². The van der Waals surface area contributed by atoms with Gasteiger partial charge < -0.3 is 0 Å². The number of nitrogens with zero attached hydrogens (tertiary/aromatic N) is 1. The van der Waals surface area contributed by atoms with Crippen LogP contribution in [0.5, 0.6) is 0 Å². The van der Waals surface area contributed by atoms with E-state index >= 15 is 0 Å². The summed E-state index contributed by atoms with van der Waals surface area (Å²) in [4.78, 5) is 4.07. The summed E-state index contributed by atoms with van der Waals surface area (Å²) in [5.41, 5.74) is 0.604. The molecule has 0 amide bonds. The van der Waals surface area contributed by atoms with E-state index in [1.54, 1.807) is 0 Å². The molecule has 2 heterocycles. The molecule has 0 saturated carbocycles. The Morgan fingerprint density at radius 1 is 1.44 bits per heavy atom. The highest BCUT2D eigenvalue weighted by molar-refractivity contribution is 9.10. The third kappa shape index (κ3) is 3.08. The monoisotopic (exact) mass is 301 g/mol. The van der Waals surface area contributed by atoms with Gasteiger partial charge in [-0.1, -0.05) is 20.3 Å². The molecule has 1 aromatic rings. The summed E-state index contributed by atoms with van der Waals surface area (Å²) in [7, 11) is 0. The highest BCUT2D eigenvalue weighted by Crippen LogP contribution is 2.34. The van der Waals surface area contributed by atoms with E-state index in [0.29, 0.717) is 5.41 Å². The Morgan fingerprint density at radius 3 is 2.62 bits per heavy atom. The Hall–Kier alpha value is 0.140. The number of halogens is 1. The van der Waals surface area contributed by atoms with E-state index in [2.05, 4.69) is 46.1 Å². The van der Waals surface area contributed by atoms with Gasteiger partial charge in [-0.2, -0.15) is 0 Å². The van der Waals surface area contributed by atoms with Crippen molar-refractivity contribution in [3.05, 3.63) is 20.8 Å². The van der Waals surface area contributed by atoms with Gasteiger partial charge in [0.25, 0.3) is 0 Å². The fourth-order valence-electron chi connectivity index (χ4n) is 2.26. The molecule has 0 radical (unpaired) electrons. The normalized spacial score (nSPS) is 21.2. The Bertz CT molecular complexity index is 339. The molecule has 0 bridgehead atoms. The number of likely N-dealkylation sites (tertiary alicyclic amines) is 1. The molecule has 2 rings (SSSR count). The minimum absolute atomic E-state index is 0.604. The molecule has 1 aliphatic heterocycles. The van der Waals surface area contributed by atoms with Crippen LogP contribution >= 0.6 is 27.3 Å². The van der Waals surface area contributed by atoms with Crippen LogP contribution in [0, 0.1) is 5.41 Å². The predicted octanol–water partition coefficient (Wildman–Crippen LogP) is 4.52. The largest absolute Gasteiger partial charge is 0.298 e. The lowest BCUT2D eigenvalue weighted by molar-refractivity contribution is 0.110. The van der Waals surface area contributed by atoms with Gasteiger partial charge in [0.05, 0.1) is 0 Å². The Kier molecular flexibility index (Phi) is 4.09. The minimum atomic E-state index is 0.604. The van der Waals surface area contributed by atoms with E-state index in [9.17, 15) is 0 Å². The molecule has 0 N–H and O–H groups in total. The molecule has 0 aromatic carbocycles. The highest BCUT2D eigenvalue weighted by atomic mass is 79.9. The molecule has 0 spiro atoms. The standard InChI is InChI=1S/C13H20BrNS/c1-3-13(2)4-6-15(7-5-13)9-12-8-11(14)10-16-12/h8,10H,3-7,9H2,1-2H3. The highest BCUT2D eigenvalue weighted by Gasteiger charge is 2.28. The van der Waals surface area contributed by atoms with Crippen LogP contribution in [0.2, 0.25) is 0 Å². The van der Waals surface area contributed by atoms with Crippen molar-refractivity contribution < 1.29 is 0 Å². The fourth-order valence-corrected chi connectivity index (χ4v) is 3.75. The average Bonchev–Trinajstić information content (AvgIpc) is 2.68. The van der Waals surface area contributed by atoms with E-state index in [0.717, 1.165) is 6.54 Å². The van der Waals surface area contributed by atoms with Crippen molar-refractivity contribution in [3.63, 3.8) is 0 Å². The van der Waals surface area contributed by atoms with Crippen LogP contribution in [0.15, 0.2) is 15.9 Å². The van der Waals surface area contributed by atoms with Crippen molar-refractivity contribution in [2.75, 3.05) is 13.1 Å². The molecule has 1 aliphatic rings. The van der Waals surface area contributed by atoms with Crippen molar-refractivity contribution in [3.8, 4) is 0 Å². The summed E-state index contributed by atoms with van der Waals surface area (Å²) >= 11 is 5.38. The van der Waals surface area contributed by atoms with Gasteiger partial charge in [0.15, 0.2) is 0 Å². The van der Waals surface area contributed by atoms with Gasteiger partial charge in [0.2, 0.25) is 0 Å². The average molecular weight is 302 g/mol. The molecule has 90 valence electrons. The van der Waals surface area contributed by atoms with E-state index in [4.69, 9.17) is 0 Å². The molecule has 1 nitrogen and oxygen atoms in total. The minimum Gasteiger partial charge on any atom is -0.298 e. The summed E-state index contributed by atoms with van der Waals surface area (Å²) in [6, 6.07) is 2.25. The van der Waals surface area contributed by atoms with E-state index in [1.165, 1.54) is 41.7 Å². The van der Waals surface area contributed by atoms with E-state index < -0.39 is 0 Å². The second kappa shape index (κ2) is 5.19. The smallest absolute Gasteiger partial charge is 0.0328 e. The summed E-state index contributed by atoms with van der Waals surface area (Å²) in [6.07, 6.45) is 4.04. The Balaban J connectivity index is 1.86. The van der Waals surface area contributed by atoms with Crippen LogP contribution in [0.3, 0.4) is 0 Å². The second-order valence-electron chi connectivity index (χ2n) is 5.17. The molecule has 3 heteroatoms. The molecule has 0 unspecified atom stereocenters. The number of rotatable bonds is 3. The van der Waals surface area contributed by atoms with Crippen LogP contribution in [0.1, 0.15) is 38.0 Å². The number of piperidine rings is 1. The molecule has 16 heavy (non-hydrogen) atoms. The van der Waals surface area contributed by atoms with E-state index in [1.807, 2.05) is 11.3 Å². The third-order valence-electron chi connectivity index (χ3n) is 3.92. The van der Waals surface area contributed by atoms with Crippen LogP contribution in [-0.2, 0) is 6.54 Å². The van der Waals surface area contributed by atoms with Crippen LogP contribution in [0.4, 0.5) is 0 Å². The maximum Gasteiger partial charge on any atom is 0.0328 e. The zero-order chi connectivity index (χ0) is 11.6. The van der Waals surface area contributed by atoms with Gasteiger partial charge in [-0.25, -0.2) is 0 Å².